The zero-order valence-electron chi connectivity index (χ0n) is 9.49. The molecule has 1 aromatic heterocycles. The number of hydrogen-bond donors (Lipinski definition) is 2. The summed E-state index contributed by atoms with van der Waals surface area (Å²) in [5, 5.41) is 3.24. The Hall–Kier alpha value is -2.17. The number of nitrogens with zero attached hydrogens (tertiary/aromatic N) is 1. The van der Waals surface area contributed by atoms with Crippen LogP contribution in [0.5, 0.6) is 0 Å². The lowest BCUT2D eigenvalue weighted by molar-refractivity contribution is -0.118. The summed E-state index contributed by atoms with van der Waals surface area (Å²) in [5.74, 6) is 0.496. The van der Waals surface area contributed by atoms with E-state index in [-0.39, 0.29) is 11.5 Å². The van der Waals surface area contributed by atoms with Crippen molar-refractivity contribution in [1.82, 2.24) is 15.3 Å². The maximum atomic E-state index is 11.7. The lowest BCUT2D eigenvalue weighted by Crippen LogP contribution is -2.24. The minimum Gasteiger partial charge on any atom is -0.356 e. The summed E-state index contributed by atoms with van der Waals surface area (Å²) in [7, 11) is 0. The van der Waals surface area contributed by atoms with Crippen LogP contribution in [0.2, 0.25) is 0 Å². The molecule has 17 heavy (non-hydrogen) atoms. The highest BCUT2D eigenvalue weighted by atomic mass is 16.1. The first-order valence-corrected chi connectivity index (χ1v) is 5.39. The monoisotopic (exact) mass is 231 g/mol. The van der Waals surface area contributed by atoms with Gasteiger partial charge in [-0.25, -0.2) is 4.98 Å². The topological polar surface area (TPSA) is 74.8 Å². The summed E-state index contributed by atoms with van der Waals surface area (Å²) in [5.41, 5.74) is 0.530. The fourth-order valence-electron chi connectivity index (χ4n) is 1.61. The van der Waals surface area contributed by atoms with Gasteiger partial charge in [0.2, 0.25) is 5.91 Å². The van der Waals surface area contributed by atoms with Crippen LogP contribution in [0.25, 0.3) is 10.9 Å². The van der Waals surface area contributed by atoms with Gasteiger partial charge in [-0.05, 0) is 12.1 Å². The lowest BCUT2D eigenvalue weighted by Gasteiger charge is -2.03. The summed E-state index contributed by atoms with van der Waals surface area (Å²) in [4.78, 5) is 29.5. The van der Waals surface area contributed by atoms with Crippen molar-refractivity contribution in [3.63, 3.8) is 0 Å². The van der Waals surface area contributed by atoms with Gasteiger partial charge in [0.1, 0.15) is 5.82 Å². The first-order chi connectivity index (χ1) is 8.16. The van der Waals surface area contributed by atoms with Gasteiger partial charge in [-0.3, -0.25) is 9.59 Å². The molecule has 2 N–H and O–H groups in total. The van der Waals surface area contributed by atoms with Gasteiger partial charge in [0.05, 0.1) is 10.9 Å². The van der Waals surface area contributed by atoms with Crippen molar-refractivity contribution in [2.24, 2.45) is 0 Å². The molecule has 0 aliphatic heterocycles. The van der Waals surface area contributed by atoms with E-state index in [1.165, 1.54) is 6.92 Å². The Bertz CT molecular complexity index is 604. The van der Waals surface area contributed by atoms with Crippen molar-refractivity contribution in [3.05, 3.63) is 40.4 Å². The van der Waals surface area contributed by atoms with Gasteiger partial charge >= 0.3 is 0 Å². The first kappa shape index (κ1) is 11.3. The highest BCUT2D eigenvalue weighted by Gasteiger charge is 2.02. The van der Waals surface area contributed by atoms with Crippen LogP contribution >= 0.6 is 0 Å². The van der Waals surface area contributed by atoms with E-state index in [0.717, 1.165) is 0 Å². The summed E-state index contributed by atoms with van der Waals surface area (Å²) >= 11 is 0. The Balaban J connectivity index is 2.25. The maximum absolute atomic E-state index is 11.7. The fourth-order valence-corrected chi connectivity index (χ4v) is 1.61. The minimum absolute atomic E-state index is 0.0897. The zero-order valence-corrected chi connectivity index (χ0v) is 9.49. The van der Waals surface area contributed by atoms with E-state index in [0.29, 0.717) is 29.7 Å². The number of carbonyl (C=O) groups excluding carboxylic acids is 1. The molecular weight excluding hydrogens is 218 g/mol. The van der Waals surface area contributed by atoms with Crippen LogP contribution in [0.3, 0.4) is 0 Å². The number of hydrogen-bond acceptors (Lipinski definition) is 3. The van der Waals surface area contributed by atoms with Crippen LogP contribution in [-0.4, -0.2) is 22.4 Å². The van der Waals surface area contributed by atoms with Crippen LogP contribution in [0, 0.1) is 0 Å². The molecule has 5 nitrogen and oxygen atoms in total. The number of aromatic amines is 1. The molecule has 2 aromatic rings. The molecule has 5 heteroatoms. The van der Waals surface area contributed by atoms with Gasteiger partial charge in [0, 0.05) is 19.9 Å². The second-order valence-electron chi connectivity index (χ2n) is 3.76. The van der Waals surface area contributed by atoms with Crippen LogP contribution in [-0.2, 0) is 11.2 Å². The number of carbonyl (C=O) groups is 1. The van der Waals surface area contributed by atoms with E-state index in [9.17, 15) is 9.59 Å². The molecule has 88 valence electrons. The van der Waals surface area contributed by atoms with Crippen molar-refractivity contribution in [2.45, 2.75) is 13.3 Å². The van der Waals surface area contributed by atoms with Crippen molar-refractivity contribution in [1.29, 1.82) is 0 Å². The number of fused-ring (bicyclic) bond motifs is 1. The van der Waals surface area contributed by atoms with Crippen LogP contribution in [0.4, 0.5) is 0 Å². The summed E-state index contributed by atoms with van der Waals surface area (Å²) in [6.07, 6.45) is 0.514. The third-order valence-corrected chi connectivity index (χ3v) is 2.40. The second kappa shape index (κ2) is 4.78. The molecule has 0 radical (unpaired) electrons. The van der Waals surface area contributed by atoms with E-state index in [4.69, 9.17) is 0 Å². The Labute approximate surface area is 97.9 Å². The van der Waals surface area contributed by atoms with E-state index in [2.05, 4.69) is 15.3 Å². The zero-order chi connectivity index (χ0) is 12.3. The second-order valence-corrected chi connectivity index (χ2v) is 3.76. The van der Waals surface area contributed by atoms with Gasteiger partial charge in [-0.1, -0.05) is 12.1 Å². The molecule has 0 aliphatic rings. The average molecular weight is 231 g/mol. The van der Waals surface area contributed by atoms with Crippen molar-refractivity contribution < 1.29 is 4.79 Å². The fraction of sp³-hybridized carbons (Fsp3) is 0.250. The third kappa shape index (κ3) is 2.69. The summed E-state index contributed by atoms with van der Waals surface area (Å²) in [6.45, 7) is 1.92. The number of para-hydroxylation sites is 1. The first-order valence-electron chi connectivity index (χ1n) is 5.39. The number of aromatic nitrogens is 2. The van der Waals surface area contributed by atoms with Crippen molar-refractivity contribution >= 4 is 16.8 Å². The molecular formula is C12H13N3O2. The molecule has 0 saturated carbocycles. The Morgan fingerprint density at radius 1 is 1.41 bits per heavy atom. The summed E-state index contributed by atoms with van der Waals surface area (Å²) in [6, 6.07) is 7.17. The van der Waals surface area contributed by atoms with E-state index in [1.807, 2.05) is 6.07 Å². The molecule has 0 aliphatic carbocycles. The standard InChI is InChI=1S/C12H13N3O2/c1-8(16)13-7-6-11-14-10-5-3-2-4-9(10)12(17)15-11/h2-5H,6-7H2,1H3,(H,13,16)(H,14,15,17). The predicted molar refractivity (Wildman–Crippen MR) is 64.8 cm³/mol. The molecule has 0 spiro atoms. The van der Waals surface area contributed by atoms with Crippen LogP contribution < -0.4 is 10.9 Å². The largest absolute Gasteiger partial charge is 0.356 e. The van der Waals surface area contributed by atoms with E-state index in [1.54, 1.807) is 18.2 Å². The average Bonchev–Trinajstić information content (AvgIpc) is 2.28. The van der Waals surface area contributed by atoms with E-state index >= 15 is 0 Å². The van der Waals surface area contributed by atoms with Gasteiger partial charge < -0.3 is 10.3 Å². The van der Waals surface area contributed by atoms with Gasteiger partial charge in [0.25, 0.3) is 5.56 Å². The van der Waals surface area contributed by atoms with Gasteiger partial charge in [-0.2, -0.15) is 0 Å². The van der Waals surface area contributed by atoms with Crippen LogP contribution in [0.1, 0.15) is 12.7 Å². The molecule has 0 bridgehead atoms. The predicted octanol–water partition coefficient (Wildman–Crippen LogP) is 0.602. The number of benzene rings is 1. The molecule has 0 saturated heterocycles. The van der Waals surface area contributed by atoms with Gasteiger partial charge in [-0.15, -0.1) is 0 Å². The molecule has 1 aromatic carbocycles. The smallest absolute Gasteiger partial charge is 0.258 e. The summed E-state index contributed by atoms with van der Waals surface area (Å²) < 4.78 is 0. The molecule has 0 unspecified atom stereocenters. The molecule has 2 rings (SSSR count). The number of nitrogens with one attached hydrogen (secondary N) is 2. The van der Waals surface area contributed by atoms with Gasteiger partial charge in [0.15, 0.2) is 0 Å². The van der Waals surface area contributed by atoms with Crippen molar-refractivity contribution in [3.8, 4) is 0 Å². The highest BCUT2D eigenvalue weighted by molar-refractivity contribution is 5.77. The number of H-pyrrole nitrogens is 1. The normalized spacial score (nSPS) is 10.4. The SMILES string of the molecule is CC(=O)NCCc1nc2ccccc2c(=O)[nH]1. The number of rotatable bonds is 3. The highest BCUT2D eigenvalue weighted by Crippen LogP contribution is 2.05. The van der Waals surface area contributed by atoms with Crippen molar-refractivity contribution in [2.75, 3.05) is 6.54 Å². The molecule has 0 atom stereocenters. The lowest BCUT2D eigenvalue weighted by atomic mass is 10.2. The third-order valence-electron chi connectivity index (χ3n) is 2.40. The maximum Gasteiger partial charge on any atom is 0.258 e. The number of amides is 1. The Kier molecular flexibility index (Phi) is 3.18. The molecule has 0 fully saturated rings. The molecule has 1 heterocycles. The minimum atomic E-state index is -0.145. The molecule has 1 amide bonds. The van der Waals surface area contributed by atoms with E-state index < -0.39 is 0 Å². The Morgan fingerprint density at radius 2 is 2.18 bits per heavy atom. The van der Waals surface area contributed by atoms with Crippen LogP contribution in [0.15, 0.2) is 29.1 Å². The quantitative estimate of drug-likeness (QED) is 0.812. The Morgan fingerprint density at radius 3 is 2.94 bits per heavy atom.